The van der Waals surface area contributed by atoms with Gasteiger partial charge in [-0.25, -0.2) is 8.78 Å². The first-order valence-corrected chi connectivity index (χ1v) is 11.0. The van der Waals surface area contributed by atoms with Gasteiger partial charge in [-0.15, -0.1) is 0 Å². The molecule has 4 aromatic rings. The second kappa shape index (κ2) is 10.1. The maximum Gasteiger partial charge on any atom is 0.387 e. The summed E-state index contributed by atoms with van der Waals surface area (Å²) in [6, 6.07) is 22.3. The van der Waals surface area contributed by atoms with Crippen LogP contribution in [0.5, 0.6) is 5.75 Å². The Kier molecular flexibility index (Phi) is 6.97. The Bertz CT molecular complexity index is 1230. The molecule has 0 aliphatic heterocycles. The van der Waals surface area contributed by atoms with Gasteiger partial charge in [0.25, 0.3) is 0 Å². The highest BCUT2D eigenvalue weighted by Gasteiger charge is 2.19. The summed E-state index contributed by atoms with van der Waals surface area (Å²) >= 11 is 0. The lowest BCUT2D eigenvalue weighted by molar-refractivity contribution is -0.0544. The summed E-state index contributed by atoms with van der Waals surface area (Å²) < 4.78 is 57.5. The van der Waals surface area contributed by atoms with Gasteiger partial charge in [0.15, 0.2) is 17.4 Å². The van der Waals surface area contributed by atoms with E-state index in [0.717, 1.165) is 34.7 Å². The van der Waals surface area contributed by atoms with E-state index in [4.69, 9.17) is 0 Å². The number of halogens is 4. The Morgan fingerprint density at radius 2 is 1.30 bits per heavy atom. The van der Waals surface area contributed by atoms with Crippen molar-refractivity contribution in [2.75, 3.05) is 0 Å². The van der Waals surface area contributed by atoms with E-state index in [0.29, 0.717) is 0 Å². The molecule has 0 spiro atoms. The molecule has 0 aliphatic rings. The summed E-state index contributed by atoms with van der Waals surface area (Å²) in [5.74, 6) is -3.36. The summed E-state index contributed by atoms with van der Waals surface area (Å²) in [5.41, 5.74) is 5.18. The van der Waals surface area contributed by atoms with Crippen molar-refractivity contribution in [3.05, 3.63) is 90.0 Å². The molecule has 0 saturated heterocycles. The second-order valence-electron chi connectivity index (χ2n) is 8.05. The SMILES string of the molecule is CCCCCc1ccc(-c2ccc(-c3ccc4c(F)c(OC(F)F)c(F)cc4c3)cc2)cc1. The minimum absolute atomic E-state index is 0.0199. The number of aryl methyl sites for hydroxylation is 1. The van der Waals surface area contributed by atoms with E-state index in [1.165, 1.54) is 30.9 Å². The highest BCUT2D eigenvalue weighted by Crippen LogP contribution is 2.34. The van der Waals surface area contributed by atoms with Crippen LogP contribution in [0.4, 0.5) is 17.6 Å². The third-order valence-corrected chi connectivity index (χ3v) is 5.77. The first kappa shape index (κ1) is 22.8. The summed E-state index contributed by atoms with van der Waals surface area (Å²) in [5, 5.41) is 0.290. The molecule has 0 radical (unpaired) electrons. The Morgan fingerprint density at radius 3 is 1.91 bits per heavy atom. The summed E-state index contributed by atoms with van der Waals surface area (Å²) in [6.07, 6.45) is 4.73. The van der Waals surface area contributed by atoms with Gasteiger partial charge in [-0.05, 0) is 58.2 Å². The molecule has 0 atom stereocenters. The minimum Gasteiger partial charge on any atom is -0.429 e. The Morgan fingerprint density at radius 1 is 0.727 bits per heavy atom. The van der Waals surface area contributed by atoms with Crippen molar-refractivity contribution >= 4 is 10.8 Å². The van der Waals surface area contributed by atoms with Crippen LogP contribution in [-0.2, 0) is 6.42 Å². The normalized spacial score (nSPS) is 11.3. The van der Waals surface area contributed by atoms with Gasteiger partial charge >= 0.3 is 6.61 Å². The number of hydrogen-bond acceptors (Lipinski definition) is 1. The minimum atomic E-state index is -3.30. The van der Waals surface area contributed by atoms with Crippen LogP contribution in [-0.4, -0.2) is 6.61 Å². The fourth-order valence-corrected chi connectivity index (χ4v) is 3.99. The average molecular weight is 452 g/mol. The van der Waals surface area contributed by atoms with Crippen LogP contribution in [0.2, 0.25) is 0 Å². The Balaban J connectivity index is 1.56. The monoisotopic (exact) mass is 452 g/mol. The maximum absolute atomic E-state index is 14.5. The van der Waals surface area contributed by atoms with Gasteiger partial charge in [0.2, 0.25) is 0 Å². The van der Waals surface area contributed by atoms with Crippen molar-refractivity contribution in [2.45, 2.75) is 39.2 Å². The quantitative estimate of drug-likeness (QED) is 0.192. The maximum atomic E-state index is 14.5. The van der Waals surface area contributed by atoms with Crippen molar-refractivity contribution in [1.29, 1.82) is 0 Å². The number of unbranched alkanes of at least 4 members (excludes halogenated alkanes) is 2. The van der Waals surface area contributed by atoms with Crippen molar-refractivity contribution in [1.82, 2.24) is 0 Å². The Hall–Kier alpha value is -3.34. The molecule has 5 heteroatoms. The molecule has 0 aliphatic carbocycles. The zero-order valence-corrected chi connectivity index (χ0v) is 18.3. The predicted molar refractivity (Wildman–Crippen MR) is 125 cm³/mol. The average Bonchev–Trinajstić information content (AvgIpc) is 2.82. The van der Waals surface area contributed by atoms with Gasteiger partial charge in [-0.2, -0.15) is 8.78 Å². The van der Waals surface area contributed by atoms with Crippen LogP contribution < -0.4 is 4.74 Å². The van der Waals surface area contributed by atoms with Gasteiger partial charge in [0.05, 0.1) is 0 Å². The predicted octanol–water partition coefficient (Wildman–Crippen LogP) is 8.79. The van der Waals surface area contributed by atoms with Crippen molar-refractivity contribution < 1.29 is 22.3 Å². The largest absolute Gasteiger partial charge is 0.429 e. The molecule has 4 aromatic carbocycles. The van der Waals surface area contributed by atoms with Gasteiger partial charge in [0, 0.05) is 5.39 Å². The van der Waals surface area contributed by atoms with Crippen LogP contribution in [0.25, 0.3) is 33.0 Å². The van der Waals surface area contributed by atoms with E-state index in [1.54, 1.807) is 12.1 Å². The number of hydrogen-bond donors (Lipinski definition) is 0. The van der Waals surface area contributed by atoms with Gasteiger partial charge < -0.3 is 4.74 Å². The van der Waals surface area contributed by atoms with E-state index in [9.17, 15) is 17.6 Å². The second-order valence-corrected chi connectivity index (χ2v) is 8.05. The molecule has 0 saturated carbocycles. The summed E-state index contributed by atoms with van der Waals surface area (Å²) in [6.45, 7) is -1.11. The molecule has 4 rings (SSSR count). The third-order valence-electron chi connectivity index (χ3n) is 5.77. The summed E-state index contributed by atoms with van der Waals surface area (Å²) in [7, 11) is 0. The topological polar surface area (TPSA) is 9.23 Å². The lowest BCUT2D eigenvalue weighted by atomic mass is 9.97. The van der Waals surface area contributed by atoms with Crippen molar-refractivity contribution in [3.63, 3.8) is 0 Å². The number of ether oxygens (including phenoxy) is 1. The lowest BCUT2D eigenvalue weighted by Crippen LogP contribution is -2.06. The molecule has 33 heavy (non-hydrogen) atoms. The number of rotatable bonds is 8. The first-order chi connectivity index (χ1) is 16.0. The van der Waals surface area contributed by atoms with Crippen LogP contribution in [0.15, 0.2) is 72.8 Å². The van der Waals surface area contributed by atoms with Gasteiger partial charge in [0.1, 0.15) is 0 Å². The zero-order valence-electron chi connectivity index (χ0n) is 18.3. The molecule has 0 bridgehead atoms. The van der Waals surface area contributed by atoms with E-state index in [-0.39, 0.29) is 10.8 Å². The fourth-order valence-electron chi connectivity index (χ4n) is 3.99. The van der Waals surface area contributed by atoms with Crippen LogP contribution in [0.1, 0.15) is 31.7 Å². The molecule has 0 heterocycles. The third kappa shape index (κ3) is 5.19. The van der Waals surface area contributed by atoms with E-state index in [2.05, 4.69) is 35.9 Å². The highest BCUT2D eigenvalue weighted by molar-refractivity contribution is 5.89. The lowest BCUT2D eigenvalue weighted by Gasteiger charge is -2.11. The number of benzene rings is 4. The van der Waals surface area contributed by atoms with Gasteiger partial charge in [-0.1, -0.05) is 80.4 Å². The molecular formula is C28H24F4O. The molecule has 0 N–H and O–H groups in total. The molecule has 170 valence electrons. The molecule has 1 nitrogen and oxygen atoms in total. The van der Waals surface area contributed by atoms with E-state index < -0.39 is 24.0 Å². The van der Waals surface area contributed by atoms with Crippen molar-refractivity contribution in [2.24, 2.45) is 0 Å². The highest BCUT2D eigenvalue weighted by atomic mass is 19.3. The molecule has 0 unspecified atom stereocenters. The summed E-state index contributed by atoms with van der Waals surface area (Å²) in [4.78, 5) is 0. The Labute approximate surface area is 190 Å². The van der Waals surface area contributed by atoms with E-state index >= 15 is 0 Å². The van der Waals surface area contributed by atoms with Crippen molar-refractivity contribution in [3.8, 4) is 28.0 Å². The molecular weight excluding hydrogens is 428 g/mol. The molecule has 0 fully saturated rings. The van der Waals surface area contributed by atoms with Gasteiger partial charge in [-0.3, -0.25) is 0 Å². The first-order valence-electron chi connectivity index (χ1n) is 11.0. The van der Waals surface area contributed by atoms with Crippen LogP contribution >= 0.6 is 0 Å². The molecule has 0 aromatic heterocycles. The number of fused-ring (bicyclic) bond motifs is 1. The zero-order chi connectivity index (χ0) is 23.4. The van der Waals surface area contributed by atoms with E-state index in [1.807, 2.05) is 24.3 Å². The molecule has 0 amide bonds. The fraction of sp³-hybridized carbons (Fsp3) is 0.214. The number of alkyl halides is 2. The smallest absolute Gasteiger partial charge is 0.387 e. The standard InChI is InChI=1S/C28H24F4O/c1-2-3-4-5-18-6-8-19(9-7-18)20-10-12-21(13-11-20)22-14-15-24-23(16-22)17-25(29)27(26(24)30)33-28(31)32/h6-17,28H,2-5H2,1H3. The van der Waals surface area contributed by atoms with Crippen LogP contribution in [0.3, 0.4) is 0 Å². The van der Waals surface area contributed by atoms with Crippen LogP contribution in [0, 0.1) is 11.6 Å².